The smallest absolute Gasteiger partial charge is 0.243 e. The van der Waals surface area contributed by atoms with Gasteiger partial charge in [0, 0.05) is 65.7 Å². The van der Waals surface area contributed by atoms with Crippen LogP contribution >= 0.6 is 0 Å². The van der Waals surface area contributed by atoms with Gasteiger partial charge in [-0.25, -0.2) is 8.42 Å². The van der Waals surface area contributed by atoms with Crippen LogP contribution < -0.4 is 14.8 Å². The van der Waals surface area contributed by atoms with Crippen LogP contribution in [0.15, 0.2) is 77.7 Å². The summed E-state index contributed by atoms with van der Waals surface area (Å²) in [4.78, 5) is 0.322. The zero-order valence-electron chi connectivity index (χ0n) is 23.9. The van der Waals surface area contributed by atoms with Gasteiger partial charge in [0.15, 0.2) is 0 Å². The molecule has 1 aromatic heterocycles. The van der Waals surface area contributed by atoms with Crippen LogP contribution in [0.5, 0.6) is 11.5 Å². The Morgan fingerprint density at radius 1 is 0.976 bits per heavy atom. The summed E-state index contributed by atoms with van der Waals surface area (Å²) in [7, 11) is -0.350. The second kappa shape index (κ2) is 12.0. The summed E-state index contributed by atoms with van der Waals surface area (Å²) in [5.74, 6) is 1.34. The lowest BCUT2D eigenvalue weighted by Crippen LogP contribution is -2.34. The van der Waals surface area contributed by atoms with Crippen LogP contribution in [0.1, 0.15) is 23.2 Å². The Hall–Kier alpha value is -3.79. The van der Waals surface area contributed by atoms with E-state index < -0.39 is 16.1 Å². The van der Waals surface area contributed by atoms with Crippen LogP contribution in [-0.2, 0) is 16.6 Å². The summed E-state index contributed by atoms with van der Waals surface area (Å²) < 4.78 is 40.8. The minimum absolute atomic E-state index is 0.320. The third kappa shape index (κ3) is 5.98. The number of nitrogens with one attached hydrogen (secondary N) is 1. The fourth-order valence-corrected chi connectivity index (χ4v) is 6.83. The number of methoxy groups -OCH3 is 2. The number of hydrogen-bond donors (Lipinski definition) is 2. The third-order valence-corrected chi connectivity index (χ3v) is 9.55. The number of hydrogen-bond acceptors (Lipinski definition) is 6. The Morgan fingerprint density at radius 2 is 1.66 bits per heavy atom. The van der Waals surface area contributed by atoms with E-state index in [9.17, 15) is 13.5 Å². The number of aromatic nitrogens is 1. The number of aliphatic hydroxyl groups excluding tert-OH is 1. The number of rotatable bonds is 10. The number of nitrogens with zero attached hydrogens (tertiary/aromatic N) is 2. The molecule has 9 heteroatoms. The van der Waals surface area contributed by atoms with E-state index in [4.69, 9.17) is 9.47 Å². The Balaban J connectivity index is 1.35. The van der Waals surface area contributed by atoms with Gasteiger partial charge in [-0.05, 0) is 44.0 Å². The number of aryl methyl sites for hydroxylation is 1. The average molecular weight is 576 g/mol. The highest BCUT2D eigenvalue weighted by Gasteiger charge is 2.28. The van der Waals surface area contributed by atoms with Gasteiger partial charge in [0.05, 0.1) is 31.8 Å². The van der Waals surface area contributed by atoms with E-state index in [1.54, 1.807) is 36.7 Å². The summed E-state index contributed by atoms with van der Waals surface area (Å²) in [6.07, 6.45) is 1.98. The standard InChI is InChI=1S/C32H37N3O5S/c1-22-9-11-29(12-10-22)41(37,38)34-15-13-24(14-16-34)32-23(2)35(31-8-6-5-7-30(31)32)21-26(36)20-33-25-17-27(39-3)19-28(18-25)40-4/h5-13,17-19,26,33,36H,14-16,20-21H2,1-4H3/t26-/m0/s1. The van der Waals surface area contributed by atoms with Crippen molar-refractivity contribution in [2.24, 2.45) is 0 Å². The highest BCUT2D eigenvalue weighted by molar-refractivity contribution is 7.89. The maximum Gasteiger partial charge on any atom is 0.243 e. The first-order chi connectivity index (χ1) is 19.7. The van der Waals surface area contributed by atoms with Gasteiger partial charge in [0.1, 0.15) is 11.5 Å². The maximum absolute atomic E-state index is 13.2. The van der Waals surface area contributed by atoms with Crippen molar-refractivity contribution in [3.05, 3.63) is 89.6 Å². The number of anilines is 1. The van der Waals surface area contributed by atoms with Crippen molar-refractivity contribution in [1.82, 2.24) is 8.87 Å². The Morgan fingerprint density at radius 3 is 2.29 bits per heavy atom. The topological polar surface area (TPSA) is 93.0 Å². The molecular formula is C32H37N3O5S. The lowest BCUT2D eigenvalue weighted by molar-refractivity contribution is 0.167. The number of para-hydroxylation sites is 1. The van der Waals surface area contributed by atoms with Crippen molar-refractivity contribution in [1.29, 1.82) is 0 Å². The summed E-state index contributed by atoms with van der Waals surface area (Å²) in [5, 5.41) is 15.4. The fourth-order valence-electron chi connectivity index (χ4n) is 5.45. The Labute approximate surface area is 241 Å². The first-order valence-electron chi connectivity index (χ1n) is 13.7. The highest BCUT2D eigenvalue weighted by atomic mass is 32.2. The zero-order valence-corrected chi connectivity index (χ0v) is 24.7. The minimum atomic E-state index is -3.56. The quantitative estimate of drug-likeness (QED) is 0.269. The number of sulfonamides is 1. The molecule has 0 amide bonds. The predicted molar refractivity (Wildman–Crippen MR) is 163 cm³/mol. The van der Waals surface area contributed by atoms with E-state index in [1.165, 1.54) is 0 Å². The number of fused-ring (bicyclic) bond motifs is 1. The summed E-state index contributed by atoms with van der Waals surface area (Å²) in [5.41, 5.74) is 6.16. The molecule has 0 fully saturated rings. The molecule has 0 saturated carbocycles. The molecule has 8 nitrogen and oxygen atoms in total. The second-order valence-corrected chi connectivity index (χ2v) is 12.3. The zero-order chi connectivity index (χ0) is 29.1. The van der Waals surface area contributed by atoms with Gasteiger partial charge < -0.3 is 24.5 Å². The van der Waals surface area contributed by atoms with Crippen LogP contribution in [0.2, 0.25) is 0 Å². The van der Waals surface area contributed by atoms with Gasteiger partial charge in [-0.2, -0.15) is 4.31 Å². The van der Waals surface area contributed by atoms with Crippen molar-refractivity contribution >= 4 is 32.2 Å². The molecule has 5 rings (SSSR count). The fraction of sp³-hybridized carbons (Fsp3) is 0.312. The van der Waals surface area contributed by atoms with Gasteiger partial charge in [-0.3, -0.25) is 0 Å². The molecule has 1 aliphatic rings. The molecule has 2 N–H and O–H groups in total. The van der Waals surface area contributed by atoms with E-state index in [-0.39, 0.29) is 0 Å². The van der Waals surface area contributed by atoms with Crippen LogP contribution in [-0.4, -0.2) is 62.4 Å². The lowest BCUT2D eigenvalue weighted by atomic mass is 9.97. The molecule has 2 heterocycles. The average Bonchev–Trinajstić information content (AvgIpc) is 3.26. The van der Waals surface area contributed by atoms with E-state index in [0.29, 0.717) is 49.0 Å². The summed E-state index contributed by atoms with van der Waals surface area (Å²) in [6.45, 7) is 5.49. The van der Waals surface area contributed by atoms with Crippen LogP contribution in [0.4, 0.5) is 5.69 Å². The second-order valence-electron chi connectivity index (χ2n) is 10.4. The number of ether oxygens (including phenoxy) is 2. The molecule has 0 spiro atoms. The van der Waals surface area contributed by atoms with Crippen LogP contribution in [0, 0.1) is 13.8 Å². The monoisotopic (exact) mass is 575 g/mol. The maximum atomic E-state index is 13.2. The van der Waals surface area contributed by atoms with Gasteiger partial charge in [0.25, 0.3) is 0 Å². The lowest BCUT2D eigenvalue weighted by Gasteiger charge is -2.26. The van der Waals surface area contributed by atoms with Crippen molar-refractivity contribution in [3.63, 3.8) is 0 Å². The first-order valence-corrected chi connectivity index (χ1v) is 15.1. The molecule has 3 aromatic carbocycles. The predicted octanol–water partition coefficient (Wildman–Crippen LogP) is 5.23. The minimum Gasteiger partial charge on any atom is -0.497 e. The molecule has 1 aliphatic heterocycles. The third-order valence-electron chi connectivity index (χ3n) is 7.67. The molecule has 1 atom stereocenters. The van der Waals surface area contributed by atoms with Crippen molar-refractivity contribution < 1.29 is 23.0 Å². The Bertz CT molecular complexity index is 1650. The molecule has 0 saturated heterocycles. The van der Waals surface area contributed by atoms with Gasteiger partial charge >= 0.3 is 0 Å². The van der Waals surface area contributed by atoms with Crippen LogP contribution in [0.25, 0.3) is 16.5 Å². The van der Waals surface area contributed by atoms with Crippen molar-refractivity contribution in [3.8, 4) is 11.5 Å². The summed E-state index contributed by atoms with van der Waals surface area (Å²) in [6, 6.07) is 20.7. The SMILES string of the molecule is COc1cc(NC[C@H](O)Cn2c(C)c(C3=CCN(S(=O)(=O)c4ccc(C)cc4)CC3)c3ccccc32)cc(OC)c1. The molecule has 0 radical (unpaired) electrons. The molecule has 0 unspecified atom stereocenters. The van der Waals surface area contributed by atoms with Gasteiger partial charge in [0.2, 0.25) is 10.0 Å². The molecular weight excluding hydrogens is 538 g/mol. The molecule has 41 heavy (non-hydrogen) atoms. The summed E-state index contributed by atoms with van der Waals surface area (Å²) >= 11 is 0. The normalized spacial score (nSPS) is 15.0. The first kappa shape index (κ1) is 28.7. The molecule has 4 aromatic rings. The van der Waals surface area contributed by atoms with E-state index in [2.05, 4.69) is 28.9 Å². The van der Waals surface area contributed by atoms with Crippen molar-refractivity contribution in [2.45, 2.75) is 37.8 Å². The van der Waals surface area contributed by atoms with Gasteiger partial charge in [-0.15, -0.1) is 0 Å². The van der Waals surface area contributed by atoms with E-state index in [1.807, 2.05) is 49.4 Å². The Kier molecular flexibility index (Phi) is 8.40. The molecule has 216 valence electrons. The van der Waals surface area contributed by atoms with E-state index >= 15 is 0 Å². The van der Waals surface area contributed by atoms with Crippen molar-refractivity contribution in [2.75, 3.05) is 39.2 Å². The van der Waals surface area contributed by atoms with E-state index in [0.717, 1.165) is 39.0 Å². The highest BCUT2D eigenvalue weighted by Crippen LogP contribution is 2.35. The molecule has 0 aliphatic carbocycles. The van der Waals surface area contributed by atoms with Gasteiger partial charge in [-0.1, -0.05) is 42.0 Å². The molecule has 0 bridgehead atoms. The number of aliphatic hydroxyl groups is 1. The largest absolute Gasteiger partial charge is 0.497 e. The van der Waals surface area contributed by atoms with Crippen LogP contribution in [0.3, 0.4) is 0 Å². The number of benzene rings is 3.